The van der Waals surface area contributed by atoms with Gasteiger partial charge in [-0.05, 0) is 42.6 Å². The maximum Gasteiger partial charge on any atom is 0.259 e. The number of hydrogen-bond donors (Lipinski definition) is 1. The van der Waals surface area contributed by atoms with Crippen molar-refractivity contribution in [2.24, 2.45) is 0 Å². The van der Waals surface area contributed by atoms with Crippen LogP contribution < -0.4 is 10.2 Å². The van der Waals surface area contributed by atoms with Crippen LogP contribution in [0.1, 0.15) is 17.3 Å². The lowest BCUT2D eigenvalue weighted by atomic mass is 10.1. The van der Waals surface area contributed by atoms with Crippen LogP contribution in [-0.4, -0.2) is 17.9 Å². The summed E-state index contributed by atoms with van der Waals surface area (Å²) in [5, 5.41) is 4.56. The van der Waals surface area contributed by atoms with E-state index in [0.717, 1.165) is 16.8 Å². The van der Waals surface area contributed by atoms with E-state index in [0.29, 0.717) is 16.9 Å². The van der Waals surface area contributed by atoms with E-state index >= 15 is 0 Å². The Kier molecular flexibility index (Phi) is 3.89. The molecule has 3 aromatic rings. The van der Waals surface area contributed by atoms with E-state index in [1.54, 1.807) is 13.0 Å². The Bertz CT molecular complexity index is 1060. The first kappa shape index (κ1) is 16.5. The monoisotopic (exact) mass is 368 g/mol. The zero-order valence-corrected chi connectivity index (χ0v) is 14.5. The minimum absolute atomic E-state index is 0.101. The topological polar surface area (TPSA) is 49.4 Å². The second-order valence-corrected chi connectivity index (χ2v) is 6.55. The fourth-order valence-electron chi connectivity index (χ4n) is 3.27. The molecule has 0 aromatic heterocycles. The summed E-state index contributed by atoms with van der Waals surface area (Å²) < 4.78 is 13.2. The molecule has 1 aliphatic heterocycles. The number of benzene rings is 3. The average Bonchev–Trinajstić information content (AvgIpc) is 2.91. The summed E-state index contributed by atoms with van der Waals surface area (Å²) in [7, 11) is 0. The van der Waals surface area contributed by atoms with Crippen molar-refractivity contribution in [3.63, 3.8) is 0 Å². The maximum atomic E-state index is 13.2. The quantitative estimate of drug-likeness (QED) is 0.733. The van der Waals surface area contributed by atoms with Crippen molar-refractivity contribution < 1.29 is 14.0 Å². The molecule has 3 aromatic carbocycles. The lowest BCUT2D eigenvalue weighted by Gasteiger charge is -2.25. The van der Waals surface area contributed by atoms with Crippen molar-refractivity contribution in [2.45, 2.75) is 13.0 Å². The normalized spacial score (nSPS) is 14.0. The van der Waals surface area contributed by atoms with Crippen LogP contribution >= 0.6 is 11.6 Å². The second kappa shape index (κ2) is 6.11. The molecular weight excluding hydrogens is 355 g/mol. The highest BCUT2D eigenvalue weighted by Crippen LogP contribution is 2.38. The molecule has 0 fully saturated rings. The molecule has 0 aliphatic carbocycles. The van der Waals surface area contributed by atoms with Crippen LogP contribution in [0.5, 0.6) is 0 Å². The van der Waals surface area contributed by atoms with Gasteiger partial charge in [-0.3, -0.25) is 14.5 Å². The van der Waals surface area contributed by atoms with Gasteiger partial charge in [0.1, 0.15) is 11.9 Å². The van der Waals surface area contributed by atoms with Crippen LogP contribution in [0, 0.1) is 5.82 Å². The molecule has 2 amide bonds. The van der Waals surface area contributed by atoms with Crippen LogP contribution in [0.4, 0.5) is 15.8 Å². The molecule has 26 heavy (non-hydrogen) atoms. The Balaban J connectivity index is 1.67. The van der Waals surface area contributed by atoms with Gasteiger partial charge < -0.3 is 5.32 Å². The molecule has 4 rings (SSSR count). The summed E-state index contributed by atoms with van der Waals surface area (Å²) in [5.74, 6) is -1.11. The SMILES string of the molecule is C[C@H](C(=O)Nc1ccc(F)cc1Cl)N1C(=O)c2cccc3cccc1c23. The molecular formula is C20H14ClFN2O2. The van der Waals surface area contributed by atoms with E-state index in [1.165, 1.54) is 17.0 Å². The van der Waals surface area contributed by atoms with E-state index < -0.39 is 17.8 Å². The van der Waals surface area contributed by atoms with Crippen LogP contribution in [0.15, 0.2) is 54.6 Å². The van der Waals surface area contributed by atoms with Gasteiger partial charge in [-0.25, -0.2) is 4.39 Å². The summed E-state index contributed by atoms with van der Waals surface area (Å²) in [5.41, 5.74) is 1.58. The first-order valence-electron chi connectivity index (χ1n) is 8.08. The minimum atomic E-state index is -0.762. The molecule has 130 valence electrons. The molecule has 0 unspecified atom stereocenters. The highest BCUT2D eigenvalue weighted by Gasteiger charge is 2.35. The lowest BCUT2D eigenvalue weighted by Crippen LogP contribution is -2.44. The highest BCUT2D eigenvalue weighted by molar-refractivity contribution is 6.34. The van der Waals surface area contributed by atoms with Gasteiger partial charge in [-0.1, -0.05) is 35.9 Å². The molecule has 1 atom stereocenters. The zero-order valence-electron chi connectivity index (χ0n) is 13.8. The molecule has 0 spiro atoms. The zero-order chi connectivity index (χ0) is 18.4. The third-order valence-electron chi connectivity index (χ3n) is 4.55. The Labute approximate surface area is 154 Å². The number of halogens is 2. The smallest absolute Gasteiger partial charge is 0.259 e. The molecule has 4 nitrogen and oxygen atoms in total. The van der Waals surface area contributed by atoms with Gasteiger partial charge >= 0.3 is 0 Å². The second-order valence-electron chi connectivity index (χ2n) is 6.15. The van der Waals surface area contributed by atoms with Gasteiger partial charge in [0.2, 0.25) is 5.91 Å². The standard InChI is InChI=1S/C20H14ClFN2O2/c1-11(19(25)23-16-9-8-13(22)10-15(16)21)24-17-7-3-5-12-4-2-6-14(18(12)17)20(24)26/h2-11H,1H3,(H,23,25)/t11-/m1/s1. The Morgan fingerprint density at radius 2 is 1.88 bits per heavy atom. The minimum Gasteiger partial charge on any atom is -0.323 e. The number of nitrogens with one attached hydrogen (secondary N) is 1. The molecule has 6 heteroatoms. The summed E-state index contributed by atoms with van der Waals surface area (Å²) in [6.45, 7) is 1.65. The number of hydrogen-bond acceptors (Lipinski definition) is 2. The van der Waals surface area contributed by atoms with Gasteiger partial charge in [0.25, 0.3) is 5.91 Å². The van der Waals surface area contributed by atoms with E-state index in [-0.39, 0.29) is 10.9 Å². The van der Waals surface area contributed by atoms with Crippen molar-refractivity contribution in [3.8, 4) is 0 Å². The van der Waals surface area contributed by atoms with Gasteiger partial charge in [-0.2, -0.15) is 0 Å². The Morgan fingerprint density at radius 3 is 2.62 bits per heavy atom. The number of rotatable bonds is 3. The highest BCUT2D eigenvalue weighted by atomic mass is 35.5. The van der Waals surface area contributed by atoms with E-state index in [9.17, 15) is 14.0 Å². The fourth-order valence-corrected chi connectivity index (χ4v) is 3.48. The van der Waals surface area contributed by atoms with Gasteiger partial charge in [0.15, 0.2) is 0 Å². The predicted octanol–water partition coefficient (Wildman–Crippen LogP) is 4.62. The van der Waals surface area contributed by atoms with Crippen molar-refractivity contribution in [1.29, 1.82) is 0 Å². The van der Waals surface area contributed by atoms with Crippen LogP contribution in [0.2, 0.25) is 5.02 Å². The molecule has 1 N–H and O–H groups in total. The van der Waals surface area contributed by atoms with E-state index in [1.807, 2.05) is 30.3 Å². The third-order valence-corrected chi connectivity index (χ3v) is 4.86. The molecule has 0 saturated carbocycles. The number of anilines is 2. The number of amides is 2. The largest absolute Gasteiger partial charge is 0.323 e. The Hall–Kier alpha value is -2.92. The molecule has 0 saturated heterocycles. The summed E-state index contributed by atoms with van der Waals surface area (Å²) >= 11 is 5.97. The summed E-state index contributed by atoms with van der Waals surface area (Å²) in [4.78, 5) is 27.0. The lowest BCUT2D eigenvalue weighted by molar-refractivity contribution is -0.117. The Morgan fingerprint density at radius 1 is 1.15 bits per heavy atom. The summed E-state index contributed by atoms with van der Waals surface area (Å²) in [6, 6.07) is 14.1. The number of carbonyl (C=O) groups excluding carboxylic acids is 2. The first-order valence-corrected chi connectivity index (χ1v) is 8.46. The number of carbonyl (C=O) groups is 2. The number of nitrogens with zero attached hydrogens (tertiary/aromatic N) is 1. The van der Waals surface area contributed by atoms with Gasteiger partial charge in [0, 0.05) is 10.9 Å². The van der Waals surface area contributed by atoms with Crippen LogP contribution in [0.25, 0.3) is 10.8 Å². The average molecular weight is 369 g/mol. The van der Waals surface area contributed by atoms with Crippen molar-refractivity contribution in [1.82, 2.24) is 0 Å². The first-order chi connectivity index (χ1) is 12.5. The molecule has 1 heterocycles. The van der Waals surface area contributed by atoms with Crippen molar-refractivity contribution in [2.75, 3.05) is 10.2 Å². The van der Waals surface area contributed by atoms with Crippen molar-refractivity contribution in [3.05, 3.63) is 71.0 Å². The summed E-state index contributed by atoms with van der Waals surface area (Å²) in [6.07, 6.45) is 0. The van der Waals surface area contributed by atoms with Gasteiger partial charge in [-0.15, -0.1) is 0 Å². The van der Waals surface area contributed by atoms with E-state index in [2.05, 4.69) is 5.32 Å². The fraction of sp³-hybridized carbons (Fsp3) is 0.100. The molecule has 0 radical (unpaired) electrons. The van der Waals surface area contributed by atoms with Crippen LogP contribution in [-0.2, 0) is 4.79 Å². The molecule has 1 aliphatic rings. The van der Waals surface area contributed by atoms with E-state index in [4.69, 9.17) is 11.6 Å². The van der Waals surface area contributed by atoms with Crippen LogP contribution in [0.3, 0.4) is 0 Å². The van der Waals surface area contributed by atoms with Crippen molar-refractivity contribution >= 4 is 45.6 Å². The predicted molar refractivity (Wildman–Crippen MR) is 100 cm³/mol. The third kappa shape index (κ3) is 2.52. The molecule has 0 bridgehead atoms. The maximum absolute atomic E-state index is 13.2. The van der Waals surface area contributed by atoms with Gasteiger partial charge in [0.05, 0.1) is 16.4 Å².